The zero-order valence-corrected chi connectivity index (χ0v) is 33.4. The molecule has 0 saturated carbocycles. The molecular formula is C42H72NO8P. The number of amides is 1. The van der Waals surface area contributed by atoms with E-state index in [1.807, 2.05) is 0 Å². The molecule has 9 nitrogen and oxygen atoms in total. The van der Waals surface area contributed by atoms with Crippen molar-refractivity contribution in [3.05, 3.63) is 72.9 Å². The molecule has 0 bridgehead atoms. The first-order valence-electron chi connectivity index (χ1n) is 19.9. The molecule has 2 unspecified atom stereocenters. The van der Waals surface area contributed by atoms with E-state index in [-0.39, 0.29) is 32.1 Å². The van der Waals surface area contributed by atoms with Gasteiger partial charge in [0.1, 0.15) is 12.7 Å². The fourth-order valence-corrected chi connectivity index (χ4v) is 5.56. The summed E-state index contributed by atoms with van der Waals surface area (Å²) in [6.45, 7) is 3.37. The molecule has 0 aromatic heterocycles. The van der Waals surface area contributed by atoms with Crippen LogP contribution in [0.2, 0.25) is 0 Å². The lowest BCUT2D eigenvalue weighted by Crippen LogP contribution is -2.27. The predicted octanol–water partition coefficient (Wildman–Crippen LogP) is 10.7. The number of hydrogen-bond donors (Lipinski definition) is 3. The minimum absolute atomic E-state index is 0.0470. The highest BCUT2D eigenvalue weighted by molar-refractivity contribution is 7.47. The lowest BCUT2D eigenvalue weighted by Gasteiger charge is -2.15. The Labute approximate surface area is 316 Å². The zero-order chi connectivity index (χ0) is 38.2. The Morgan fingerprint density at radius 1 is 0.596 bits per heavy atom. The van der Waals surface area contributed by atoms with E-state index in [0.717, 1.165) is 70.6 Å². The second kappa shape index (κ2) is 38.2. The van der Waals surface area contributed by atoms with Gasteiger partial charge < -0.3 is 20.1 Å². The Hall–Kier alpha value is -2.55. The van der Waals surface area contributed by atoms with Crippen molar-refractivity contribution >= 4 is 19.7 Å². The molecule has 0 heterocycles. The van der Waals surface area contributed by atoms with Gasteiger partial charge in [-0.15, -0.1) is 0 Å². The molecule has 0 fully saturated rings. The van der Waals surface area contributed by atoms with Crippen molar-refractivity contribution in [2.75, 3.05) is 26.4 Å². The molecule has 52 heavy (non-hydrogen) atoms. The molecule has 10 heteroatoms. The fraction of sp³-hybridized carbons (Fsp3) is 0.667. The number of hydrogen-bond acceptors (Lipinski definition) is 7. The van der Waals surface area contributed by atoms with E-state index >= 15 is 0 Å². The van der Waals surface area contributed by atoms with Crippen LogP contribution in [0, 0.1) is 0 Å². The number of rotatable bonds is 36. The van der Waals surface area contributed by atoms with Crippen LogP contribution in [-0.2, 0) is 27.9 Å². The first-order chi connectivity index (χ1) is 25.3. The number of phosphoric acid groups is 1. The largest absolute Gasteiger partial charge is 0.472 e. The first kappa shape index (κ1) is 49.5. The van der Waals surface area contributed by atoms with Crippen molar-refractivity contribution in [3.8, 4) is 0 Å². The number of esters is 1. The third kappa shape index (κ3) is 38.7. The van der Waals surface area contributed by atoms with Crippen LogP contribution in [0.5, 0.6) is 0 Å². The Kier molecular flexibility index (Phi) is 36.3. The molecule has 3 N–H and O–H groups in total. The monoisotopic (exact) mass is 749 g/mol. The van der Waals surface area contributed by atoms with Gasteiger partial charge in [-0.2, -0.15) is 0 Å². The van der Waals surface area contributed by atoms with Crippen molar-refractivity contribution in [2.45, 2.75) is 155 Å². The van der Waals surface area contributed by atoms with Gasteiger partial charge >= 0.3 is 13.8 Å². The molecule has 0 rings (SSSR count). The third-order valence-corrected chi connectivity index (χ3v) is 8.84. The van der Waals surface area contributed by atoms with E-state index in [1.54, 1.807) is 0 Å². The predicted molar refractivity (Wildman–Crippen MR) is 215 cm³/mol. The molecule has 0 saturated heterocycles. The maximum Gasteiger partial charge on any atom is 0.472 e. The lowest BCUT2D eigenvalue weighted by atomic mass is 10.1. The lowest BCUT2D eigenvalue weighted by molar-refractivity contribution is -0.147. The summed E-state index contributed by atoms with van der Waals surface area (Å²) in [6, 6.07) is 0. The van der Waals surface area contributed by atoms with E-state index in [4.69, 9.17) is 13.8 Å². The summed E-state index contributed by atoms with van der Waals surface area (Å²) in [4.78, 5) is 33.8. The van der Waals surface area contributed by atoms with Gasteiger partial charge in [0, 0.05) is 19.4 Å². The van der Waals surface area contributed by atoms with Gasteiger partial charge in [-0.3, -0.25) is 18.6 Å². The standard InChI is InChI=1S/C42H72NO8P/c1-3-5-7-9-11-13-15-17-19-20-21-22-24-26-28-30-32-34-41(45)43-36-37-50-52(47,48)51-39-40(44)38-49-42(46)35-33-31-29-27-25-23-18-16-14-12-10-8-6-4-2/h10-13,16-19,21-22,26,28,40,44H,3-9,14-15,20,23-25,27,29-39H2,1-2H3,(H,43,45)(H,47,48)/b12-10-,13-11-,18-16-,19-17-,22-21-,28-26-. The van der Waals surface area contributed by atoms with Crippen LogP contribution in [0.1, 0.15) is 149 Å². The average Bonchev–Trinajstić information content (AvgIpc) is 3.13. The van der Waals surface area contributed by atoms with Crippen LogP contribution in [0.4, 0.5) is 0 Å². The Bertz CT molecular complexity index is 1080. The number of aliphatic hydroxyl groups is 1. The number of aliphatic hydroxyl groups excluding tert-OH is 1. The third-order valence-electron chi connectivity index (χ3n) is 7.86. The van der Waals surface area contributed by atoms with Crippen molar-refractivity contribution in [1.82, 2.24) is 5.32 Å². The van der Waals surface area contributed by atoms with Crippen molar-refractivity contribution < 1.29 is 37.9 Å². The molecule has 0 radical (unpaired) electrons. The summed E-state index contributed by atoms with van der Waals surface area (Å²) < 4.78 is 26.8. The molecule has 1 amide bonds. The average molecular weight is 750 g/mol. The van der Waals surface area contributed by atoms with Crippen LogP contribution in [-0.4, -0.2) is 54.3 Å². The fourth-order valence-electron chi connectivity index (χ4n) is 4.80. The van der Waals surface area contributed by atoms with Gasteiger partial charge in [0.25, 0.3) is 0 Å². The number of unbranched alkanes of at least 4 members (excludes halogenated alkanes) is 11. The number of carbonyl (C=O) groups is 2. The van der Waals surface area contributed by atoms with Gasteiger partial charge in [-0.05, 0) is 77.0 Å². The minimum atomic E-state index is -4.43. The summed E-state index contributed by atoms with van der Waals surface area (Å²) in [5.74, 6) is -0.595. The second-order valence-corrected chi connectivity index (χ2v) is 14.3. The minimum Gasteiger partial charge on any atom is -0.463 e. The van der Waals surface area contributed by atoms with Crippen LogP contribution >= 0.6 is 7.82 Å². The number of nitrogens with one attached hydrogen (secondary N) is 1. The summed E-state index contributed by atoms with van der Waals surface area (Å²) in [5.41, 5.74) is 0. The van der Waals surface area contributed by atoms with Crippen LogP contribution in [0.15, 0.2) is 72.9 Å². The zero-order valence-electron chi connectivity index (χ0n) is 32.5. The summed E-state index contributed by atoms with van der Waals surface area (Å²) in [5, 5.41) is 12.6. The van der Waals surface area contributed by atoms with Gasteiger partial charge in [0.15, 0.2) is 0 Å². The molecule has 0 aromatic rings. The molecular weight excluding hydrogens is 677 g/mol. The highest BCUT2D eigenvalue weighted by Gasteiger charge is 2.23. The van der Waals surface area contributed by atoms with Crippen molar-refractivity contribution in [3.63, 3.8) is 0 Å². The molecule has 0 aliphatic heterocycles. The van der Waals surface area contributed by atoms with Gasteiger partial charge in [0.05, 0.1) is 13.2 Å². The highest BCUT2D eigenvalue weighted by Crippen LogP contribution is 2.42. The maximum atomic E-state index is 12.1. The van der Waals surface area contributed by atoms with Crippen LogP contribution < -0.4 is 5.32 Å². The normalized spacial score (nSPS) is 14.2. The maximum absolute atomic E-state index is 12.1. The molecule has 2 atom stereocenters. The van der Waals surface area contributed by atoms with Crippen molar-refractivity contribution in [1.29, 1.82) is 0 Å². The number of phosphoric ester groups is 1. The quantitative estimate of drug-likeness (QED) is 0.0250. The van der Waals surface area contributed by atoms with Gasteiger partial charge in [-0.1, -0.05) is 132 Å². The summed E-state index contributed by atoms with van der Waals surface area (Å²) in [7, 11) is -4.43. The van der Waals surface area contributed by atoms with E-state index in [2.05, 4.69) is 92.1 Å². The molecule has 0 aromatic carbocycles. The SMILES string of the molecule is CCCC/C=C\C/C=C\CCCCCCCC(=O)OCC(O)COP(=O)(O)OCCNC(=O)CCC/C=C\C/C=C\C/C=C\C/C=C\CCCCC. The van der Waals surface area contributed by atoms with Gasteiger partial charge in [-0.25, -0.2) is 4.57 Å². The van der Waals surface area contributed by atoms with E-state index in [0.29, 0.717) is 19.3 Å². The Morgan fingerprint density at radius 2 is 1.08 bits per heavy atom. The Morgan fingerprint density at radius 3 is 1.65 bits per heavy atom. The first-order valence-corrected chi connectivity index (χ1v) is 21.4. The molecule has 0 aliphatic rings. The summed E-state index contributed by atoms with van der Waals surface area (Å²) >= 11 is 0. The smallest absolute Gasteiger partial charge is 0.463 e. The topological polar surface area (TPSA) is 131 Å². The van der Waals surface area contributed by atoms with E-state index < -0.39 is 26.5 Å². The number of allylic oxidation sites excluding steroid dienone is 12. The highest BCUT2D eigenvalue weighted by atomic mass is 31.2. The molecule has 0 aliphatic carbocycles. The van der Waals surface area contributed by atoms with E-state index in [9.17, 15) is 24.2 Å². The number of ether oxygens (including phenoxy) is 1. The van der Waals surface area contributed by atoms with Crippen molar-refractivity contribution in [2.24, 2.45) is 0 Å². The van der Waals surface area contributed by atoms with E-state index in [1.165, 1.54) is 38.5 Å². The van der Waals surface area contributed by atoms with Crippen LogP contribution in [0.25, 0.3) is 0 Å². The van der Waals surface area contributed by atoms with Crippen LogP contribution in [0.3, 0.4) is 0 Å². The number of carbonyl (C=O) groups excluding carboxylic acids is 2. The second-order valence-electron chi connectivity index (χ2n) is 12.9. The molecule has 298 valence electrons. The summed E-state index contributed by atoms with van der Waals surface area (Å²) in [6.07, 6.45) is 45.5. The molecule has 0 spiro atoms. The Balaban J connectivity index is 3.74. The van der Waals surface area contributed by atoms with Gasteiger partial charge in [0.2, 0.25) is 5.91 Å².